The summed E-state index contributed by atoms with van der Waals surface area (Å²) in [5.41, 5.74) is 0.342. The van der Waals surface area contributed by atoms with Crippen LogP contribution in [0.25, 0.3) is 0 Å². The second-order valence-electron chi connectivity index (χ2n) is 6.18. The second kappa shape index (κ2) is 5.20. The number of amides is 1. The number of carbonyl (C=O) groups is 1. The van der Waals surface area contributed by atoms with Crippen molar-refractivity contribution in [3.8, 4) is 0 Å². The molecule has 1 saturated heterocycles. The van der Waals surface area contributed by atoms with E-state index in [1.807, 2.05) is 4.90 Å². The largest absolute Gasteiger partial charge is 0.447 e. The van der Waals surface area contributed by atoms with Crippen molar-refractivity contribution >= 4 is 5.91 Å². The fourth-order valence-electron chi connectivity index (χ4n) is 3.11. The summed E-state index contributed by atoms with van der Waals surface area (Å²) >= 11 is 0. The zero-order valence-electron chi connectivity index (χ0n) is 12.0. The van der Waals surface area contributed by atoms with Crippen LogP contribution >= 0.6 is 0 Å². The van der Waals surface area contributed by atoms with Crippen LogP contribution in [0.5, 0.6) is 0 Å². The highest BCUT2D eigenvalue weighted by atomic mass is 16.3. The Morgan fingerprint density at radius 2 is 2.40 bits per heavy atom. The second-order valence-corrected chi connectivity index (χ2v) is 6.18. The number of hydrogen-bond donors (Lipinski definition) is 1. The van der Waals surface area contributed by atoms with E-state index in [2.05, 4.69) is 11.9 Å². The fraction of sp³-hybridized carbons (Fsp3) is 0.733. The van der Waals surface area contributed by atoms with E-state index in [1.165, 1.54) is 6.39 Å². The zero-order valence-corrected chi connectivity index (χ0v) is 12.0. The van der Waals surface area contributed by atoms with E-state index in [1.54, 1.807) is 0 Å². The zero-order chi connectivity index (χ0) is 14.2. The van der Waals surface area contributed by atoms with Gasteiger partial charge >= 0.3 is 0 Å². The quantitative estimate of drug-likeness (QED) is 0.916. The van der Waals surface area contributed by atoms with Gasteiger partial charge in [0.15, 0.2) is 12.1 Å². The van der Waals surface area contributed by atoms with Crippen LogP contribution in [-0.2, 0) is 0 Å². The summed E-state index contributed by atoms with van der Waals surface area (Å²) in [6, 6.07) is 0. The molecule has 1 saturated carbocycles. The molecule has 20 heavy (non-hydrogen) atoms. The van der Waals surface area contributed by atoms with Crippen LogP contribution in [0.15, 0.2) is 10.8 Å². The normalized spacial score (nSPS) is 26.8. The van der Waals surface area contributed by atoms with Crippen LogP contribution in [0.3, 0.4) is 0 Å². The Morgan fingerprint density at radius 3 is 3.05 bits per heavy atom. The van der Waals surface area contributed by atoms with Gasteiger partial charge in [-0.2, -0.15) is 0 Å². The third kappa shape index (κ3) is 2.35. The molecule has 110 valence electrons. The van der Waals surface area contributed by atoms with Gasteiger partial charge in [-0.3, -0.25) is 4.79 Å². The number of likely N-dealkylation sites (tertiary alicyclic amines) is 1. The van der Waals surface area contributed by atoms with E-state index in [0.717, 1.165) is 44.4 Å². The molecule has 2 heterocycles. The van der Waals surface area contributed by atoms with Gasteiger partial charge in [-0.15, -0.1) is 0 Å². The molecule has 0 aromatic carbocycles. The lowest BCUT2D eigenvalue weighted by Gasteiger charge is -2.41. The molecule has 1 aliphatic heterocycles. The van der Waals surface area contributed by atoms with E-state index in [-0.39, 0.29) is 17.9 Å². The van der Waals surface area contributed by atoms with Crippen molar-refractivity contribution in [2.24, 2.45) is 5.41 Å². The number of nitrogens with zero attached hydrogens (tertiary/aromatic N) is 2. The van der Waals surface area contributed by atoms with Gasteiger partial charge in [0.05, 0.1) is 6.61 Å². The highest BCUT2D eigenvalue weighted by Gasteiger charge is 2.38. The number of carbonyl (C=O) groups excluding carboxylic acids is 1. The summed E-state index contributed by atoms with van der Waals surface area (Å²) in [6.45, 7) is 3.59. The standard InChI is InChI=1S/C15H22N2O3/c1-2-15(9-18)6-3-7-17(8-15)14(19)12-13(11-4-5-11)20-10-16-12/h10-11,18H,2-9H2,1H3. The number of piperidine rings is 1. The van der Waals surface area contributed by atoms with Crippen molar-refractivity contribution in [1.82, 2.24) is 9.88 Å². The first-order valence-corrected chi connectivity index (χ1v) is 7.52. The van der Waals surface area contributed by atoms with Crippen molar-refractivity contribution < 1.29 is 14.3 Å². The Kier molecular flexibility index (Phi) is 3.54. The molecule has 1 aromatic heterocycles. The van der Waals surface area contributed by atoms with Gasteiger partial charge in [0.2, 0.25) is 0 Å². The lowest BCUT2D eigenvalue weighted by molar-refractivity contribution is 0.0247. The fourth-order valence-corrected chi connectivity index (χ4v) is 3.11. The highest BCUT2D eigenvalue weighted by Crippen LogP contribution is 2.42. The van der Waals surface area contributed by atoms with Gasteiger partial charge in [0.25, 0.3) is 5.91 Å². The van der Waals surface area contributed by atoms with Crippen LogP contribution in [-0.4, -0.2) is 40.6 Å². The SMILES string of the molecule is CCC1(CO)CCCN(C(=O)c2ncoc2C2CC2)C1. The van der Waals surface area contributed by atoms with Gasteiger partial charge in [-0.1, -0.05) is 6.92 Å². The van der Waals surface area contributed by atoms with Crippen LogP contribution in [0, 0.1) is 5.41 Å². The smallest absolute Gasteiger partial charge is 0.276 e. The first-order chi connectivity index (χ1) is 9.69. The Bertz CT molecular complexity index is 489. The summed E-state index contributed by atoms with van der Waals surface area (Å²) in [5.74, 6) is 1.10. The average molecular weight is 278 g/mol. The van der Waals surface area contributed by atoms with Crippen molar-refractivity contribution in [2.45, 2.75) is 44.9 Å². The molecule has 1 N–H and O–H groups in total. The van der Waals surface area contributed by atoms with Crippen LogP contribution in [0.1, 0.15) is 61.2 Å². The van der Waals surface area contributed by atoms with Crippen molar-refractivity contribution in [3.05, 3.63) is 17.8 Å². The minimum atomic E-state index is -0.141. The molecule has 3 rings (SSSR count). The van der Waals surface area contributed by atoms with Crippen LogP contribution < -0.4 is 0 Å². The minimum Gasteiger partial charge on any atom is -0.447 e. The molecular formula is C15H22N2O3. The molecule has 0 radical (unpaired) electrons. The number of oxazole rings is 1. The summed E-state index contributed by atoms with van der Waals surface area (Å²) in [4.78, 5) is 18.6. The highest BCUT2D eigenvalue weighted by molar-refractivity contribution is 5.93. The molecule has 1 aromatic rings. The third-order valence-electron chi connectivity index (χ3n) is 4.78. The Labute approximate surface area is 119 Å². The third-order valence-corrected chi connectivity index (χ3v) is 4.78. The maximum absolute atomic E-state index is 12.7. The molecule has 1 unspecified atom stereocenters. The number of aromatic nitrogens is 1. The summed E-state index contributed by atoms with van der Waals surface area (Å²) in [7, 11) is 0. The van der Waals surface area contributed by atoms with Gasteiger partial charge in [-0.25, -0.2) is 4.98 Å². The summed E-state index contributed by atoms with van der Waals surface area (Å²) in [5, 5.41) is 9.65. The van der Waals surface area contributed by atoms with Gasteiger partial charge in [0.1, 0.15) is 5.76 Å². The molecule has 0 spiro atoms. The van der Waals surface area contributed by atoms with Crippen LogP contribution in [0.2, 0.25) is 0 Å². The van der Waals surface area contributed by atoms with E-state index in [9.17, 15) is 9.90 Å². The van der Waals surface area contributed by atoms with Crippen molar-refractivity contribution in [1.29, 1.82) is 0 Å². The lowest BCUT2D eigenvalue weighted by Crippen LogP contribution is -2.47. The maximum Gasteiger partial charge on any atom is 0.276 e. The molecule has 5 heteroatoms. The summed E-state index contributed by atoms with van der Waals surface area (Å²) < 4.78 is 5.40. The number of rotatable bonds is 4. The first kappa shape index (κ1) is 13.6. The summed E-state index contributed by atoms with van der Waals surface area (Å²) in [6.07, 6.45) is 6.37. The van der Waals surface area contributed by atoms with E-state index >= 15 is 0 Å². The maximum atomic E-state index is 12.7. The number of aliphatic hydroxyl groups excluding tert-OH is 1. The van der Waals surface area contributed by atoms with Crippen molar-refractivity contribution in [2.75, 3.05) is 19.7 Å². The van der Waals surface area contributed by atoms with E-state index in [4.69, 9.17) is 4.42 Å². The van der Waals surface area contributed by atoms with Crippen molar-refractivity contribution in [3.63, 3.8) is 0 Å². The van der Waals surface area contributed by atoms with Gasteiger partial charge in [0, 0.05) is 24.4 Å². The van der Waals surface area contributed by atoms with Crippen LogP contribution in [0.4, 0.5) is 0 Å². The molecule has 1 atom stereocenters. The molecule has 2 aliphatic rings. The minimum absolute atomic E-state index is 0.0355. The molecule has 2 fully saturated rings. The number of hydrogen-bond acceptors (Lipinski definition) is 4. The number of aliphatic hydroxyl groups is 1. The predicted octanol–water partition coefficient (Wildman–Crippen LogP) is 2.18. The molecule has 0 bridgehead atoms. The average Bonchev–Trinajstić information content (AvgIpc) is 3.23. The molecule has 5 nitrogen and oxygen atoms in total. The Morgan fingerprint density at radius 1 is 1.60 bits per heavy atom. The van der Waals surface area contributed by atoms with E-state index in [0.29, 0.717) is 18.2 Å². The van der Waals surface area contributed by atoms with E-state index < -0.39 is 0 Å². The molecule has 1 aliphatic carbocycles. The predicted molar refractivity (Wildman–Crippen MR) is 73.4 cm³/mol. The first-order valence-electron chi connectivity index (χ1n) is 7.52. The molecule has 1 amide bonds. The Hall–Kier alpha value is -1.36. The van der Waals surface area contributed by atoms with Gasteiger partial charge < -0.3 is 14.4 Å². The lowest BCUT2D eigenvalue weighted by atomic mass is 9.78. The Balaban J connectivity index is 1.78. The van der Waals surface area contributed by atoms with Gasteiger partial charge in [-0.05, 0) is 32.1 Å². The monoisotopic (exact) mass is 278 g/mol. The molecular weight excluding hydrogens is 256 g/mol. The topological polar surface area (TPSA) is 66.6 Å².